The van der Waals surface area contributed by atoms with Gasteiger partial charge in [-0.05, 0) is 78.6 Å². The van der Waals surface area contributed by atoms with Crippen LogP contribution in [0.1, 0.15) is 54.1 Å². The van der Waals surface area contributed by atoms with Gasteiger partial charge in [-0.3, -0.25) is 19.1 Å². The first-order valence-corrected chi connectivity index (χ1v) is 16.5. The average molecular weight is 649 g/mol. The molecule has 2 aliphatic rings. The van der Waals surface area contributed by atoms with E-state index in [-0.39, 0.29) is 34.9 Å². The number of halogens is 1. The summed E-state index contributed by atoms with van der Waals surface area (Å²) in [5, 5.41) is 10.1. The minimum Gasteiger partial charge on any atom is -0.507 e. The van der Waals surface area contributed by atoms with Crippen molar-refractivity contribution in [2.45, 2.75) is 44.7 Å². The molecule has 0 atom stereocenters. The Balaban J connectivity index is 1.22. The lowest BCUT2D eigenvalue weighted by Gasteiger charge is -2.29. The molecule has 1 saturated heterocycles. The van der Waals surface area contributed by atoms with Crippen molar-refractivity contribution in [3.8, 4) is 22.6 Å². The molecule has 0 amide bonds. The summed E-state index contributed by atoms with van der Waals surface area (Å²) in [6.07, 6.45) is 3.58. The van der Waals surface area contributed by atoms with Crippen molar-refractivity contribution in [2.24, 2.45) is 5.92 Å². The third-order valence-corrected chi connectivity index (χ3v) is 9.68. The summed E-state index contributed by atoms with van der Waals surface area (Å²) in [4.78, 5) is 47.7. The number of nitrogens with zero attached hydrogens (tertiary/aromatic N) is 4. The number of ketones is 1. The van der Waals surface area contributed by atoms with E-state index in [1.165, 1.54) is 15.2 Å². The van der Waals surface area contributed by atoms with Crippen molar-refractivity contribution < 1.29 is 19.0 Å². The number of rotatable bonds is 8. The largest absolute Gasteiger partial charge is 0.507 e. The zero-order valence-electron chi connectivity index (χ0n) is 26.6. The van der Waals surface area contributed by atoms with Gasteiger partial charge in [-0.25, -0.2) is 18.7 Å². The summed E-state index contributed by atoms with van der Waals surface area (Å²) < 4.78 is 22.7. The number of Topliss-reactive ketones (excluding diaryl/α,β-unsaturated/α-hetero) is 1. The second-order valence-electron chi connectivity index (χ2n) is 12.7. The van der Waals surface area contributed by atoms with Crippen molar-refractivity contribution in [2.75, 3.05) is 26.3 Å². The number of hydrogen-bond acceptors (Lipinski definition) is 7. The van der Waals surface area contributed by atoms with E-state index in [2.05, 4.69) is 22.0 Å². The van der Waals surface area contributed by atoms with Crippen LogP contribution in [-0.4, -0.2) is 56.2 Å². The minimum atomic E-state index is -0.659. The molecule has 7 rings (SSSR count). The number of carbonyl (C=O) groups is 1. The van der Waals surface area contributed by atoms with Crippen LogP contribution in [0.4, 0.5) is 4.39 Å². The Labute approximate surface area is 276 Å². The standard InChI is InChI=1S/C38H37FN4O5/c39-28-22-33-36(40-23-28)42(30-8-5-7-26(21-30)31-9-2-1-6-27(31)24-41-16-18-48-19-17-41)38(47)43(37(33)46)29-14-12-25(13-15-29)20-35(45)32-10-3-4-11-34(32)44/h1-11,21-23,25,29,44H,12-20,24H2. The van der Waals surface area contributed by atoms with Gasteiger partial charge in [0.15, 0.2) is 11.4 Å². The van der Waals surface area contributed by atoms with E-state index in [1.807, 2.05) is 30.3 Å². The van der Waals surface area contributed by atoms with Gasteiger partial charge in [0.05, 0.1) is 36.0 Å². The third kappa shape index (κ3) is 6.33. The highest BCUT2D eigenvalue weighted by Gasteiger charge is 2.29. The van der Waals surface area contributed by atoms with E-state index in [0.717, 1.165) is 48.6 Å². The third-order valence-electron chi connectivity index (χ3n) is 9.68. The normalized spacial score (nSPS) is 18.6. The van der Waals surface area contributed by atoms with Crippen molar-refractivity contribution in [1.82, 2.24) is 19.0 Å². The Bertz CT molecular complexity index is 2090. The molecule has 3 aromatic carbocycles. The Morgan fingerprint density at radius 3 is 2.46 bits per heavy atom. The first kappa shape index (κ1) is 31.7. The first-order chi connectivity index (χ1) is 23.4. The van der Waals surface area contributed by atoms with Crippen LogP contribution >= 0.6 is 0 Å². The van der Waals surface area contributed by atoms with Gasteiger partial charge in [0.2, 0.25) is 0 Å². The fourth-order valence-electron chi connectivity index (χ4n) is 7.18. The van der Waals surface area contributed by atoms with Gasteiger partial charge in [-0.15, -0.1) is 0 Å². The van der Waals surface area contributed by atoms with Crippen LogP contribution in [0, 0.1) is 11.7 Å². The number of benzene rings is 3. The van der Waals surface area contributed by atoms with Crippen LogP contribution in [0.2, 0.25) is 0 Å². The Kier molecular flexibility index (Phi) is 9.01. The predicted molar refractivity (Wildman–Crippen MR) is 181 cm³/mol. The quantitative estimate of drug-likeness (QED) is 0.209. The molecule has 9 nitrogen and oxygen atoms in total. The van der Waals surface area contributed by atoms with Gasteiger partial charge >= 0.3 is 5.69 Å². The summed E-state index contributed by atoms with van der Waals surface area (Å²) in [5.41, 5.74) is 2.92. The predicted octanol–water partition coefficient (Wildman–Crippen LogP) is 5.90. The molecular weight excluding hydrogens is 611 g/mol. The molecule has 10 heteroatoms. The fraction of sp³-hybridized carbons (Fsp3) is 0.316. The highest BCUT2D eigenvalue weighted by molar-refractivity contribution is 5.98. The van der Waals surface area contributed by atoms with E-state index < -0.39 is 23.1 Å². The van der Waals surface area contributed by atoms with Gasteiger partial charge < -0.3 is 9.84 Å². The number of aromatic hydroxyl groups is 1. The smallest absolute Gasteiger partial charge is 0.337 e. The Morgan fingerprint density at radius 1 is 0.917 bits per heavy atom. The molecule has 0 bridgehead atoms. The molecule has 2 aromatic heterocycles. The number of morpholine rings is 1. The SMILES string of the molecule is O=C(CC1CCC(n2c(=O)c3cc(F)cnc3n(-c3cccc(-c4ccccc4CN4CCOCC4)c3)c2=O)CC1)c1ccccc1O. The molecule has 1 N–H and O–H groups in total. The Morgan fingerprint density at radius 2 is 1.67 bits per heavy atom. The lowest BCUT2D eigenvalue weighted by Crippen LogP contribution is -2.43. The fourth-order valence-corrected chi connectivity index (χ4v) is 7.18. The van der Waals surface area contributed by atoms with E-state index in [1.54, 1.807) is 24.3 Å². The van der Waals surface area contributed by atoms with Crippen LogP contribution in [0.3, 0.4) is 0 Å². The number of phenols is 1. The second-order valence-corrected chi connectivity index (χ2v) is 12.7. The number of para-hydroxylation sites is 1. The van der Waals surface area contributed by atoms with E-state index >= 15 is 0 Å². The highest BCUT2D eigenvalue weighted by atomic mass is 19.1. The summed E-state index contributed by atoms with van der Waals surface area (Å²) in [6, 6.07) is 23.0. The number of hydrogen-bond donors (Lipinski definition) is 1. The maximum Gasteiger partial charge on any atom is 0.337 e. The lowest BCUT2D eigenvalue weighted by molar-refractivity contribution is 0.0342. The first-order valence-electron chi connectivity index (χ1n) is 16.5. The minimum absolute atomic E-state index is 0.0320. The number of fused-ring (bicyclic) bond motifs is 1. The van der Waals surface area contributed by atoms with Crippen molar-refractivity contribution in [3.63, 3.8) is 0 Å². The summed E-state index contributed by atoms with van der Waals surface area (Å²) in [7, 11) is 0. The van der Waals surface area contributed by atoms with Gasteiger partial charge in [-0.2, -0.15) is 0 Å². The zero-order valence-corrected chi connectivity index (χ0v) is 26.6. The van der Waals surface area contributed by atoms with Crippen LogP contribution in [0.5, 0.6) is 5.75 Å². The maximum absolute atomic E-state index is 14.5. The number of carbonyl (C=O) groups excluding carboxylic acids is 1. The molecule has 1 aliphatic heterocycles. The zero-order chi connectivity index (χ0) is 33.2. The second kappa shape index (κ2) is 13.7. The summed E-state index contributed by atoms with van der Waals surface area (Å²) in [5.74, 6) is -0.770. The molecule has 0 spiro atoms. The molecule has 5 aromatic rings. The Hall–Kier alpha value is -4.93. The topological polar surface area (TPSA) is 107 Å². The van der Waals surface area contributed by atoms with Crippen molar-refractivity contribution >= 4 is 16.8 Å². The maximum atomic E-state index is 14.5. The molecule has 48 heavy (non-hydrogen) atoms. The molecule has 1 saturated carbocycles. The van der Waals surface area contributed by atoms with Gasteiger partial charge in [0, 0.05) is 32.1 Å². The average Bonchev–Trinajstić information content (AvgIpc) is 3.10. The summed E-state index contributed by atoms with van der Waals surface area (Å²) in [6.45, 7) is 3.88. The number of ether oxygens (including phenoxy) is 1. The molecule has 0 radical (unpaired) electrons. The van der Waals surface area contributed by atoms with E-state index in [0.29, 0.717) is 50.1 Å². The molecule has 246 valence electrons. The lowest BCUT2D eigenvalue weighted by atomic mass is 9.82. The molecule has 3 heterocycles. The van der Waals surface area contributed by atoms with Gasteiger partial charge in [0.1, 0.15) is 11.6 Å². The van der Waals surface area contributed by atoms with Gasteiger partial charge in [-0.1, -0.05) is 48.5 Å². The van der Waals surface area contributed by atoms with Gasteiger partial charge in [0.25, 0.3) is 5.56 Å². The monoisotopic (exact) mass is 648 g/mol. The molecule has 0 unspecified atom stereocenters. The van der Waals surface area contributed by atoms with Crippen molar-refractivity contribution in [1.29, 1.82) is 0 Å². The van der Waals surface area contributed by atoms with Crippen LogP contribution in [0.15, 0.2) is 94.6 Å². The molecule has 2 fully saturated rings. The highest BCUT2D eigenvalue weighted by Crippen LogP contribution is 2.35. The molecular formula is C38H37FN4O5. The molecule has 1 aliphatic carbocycles. The van der Waals surface area contributed by atoms with Crippen molar-refractivity contribution in [3.05, 3.63) is 123 Å². The number of phenolic OH excluding ortho intramolecular Hbond substituents is 1. The van der Waals surface area contributed by atoms with Crippen LogP contribution in [0.25, 0.3) is 27.8 Å². The van der Waals surface area contributed by atoms with Crippen LogP contribution < -0.4 is 11.2 Å². The number of aromatic nitrogens is 3. The van der Waals surface area contributed by atoms with E-state index in [9.17, 15) is 23.9 Å². The van der Waals surface area contributed by atoms with Crippen LogP contribution in [-0.2, 0) is 11.3 Å². The number of pyridine rings is 1. The summed E-state index contributed by atoms with van der Waals surface area (Å²) >= 11 is 0. The van der Waals surface area contributed by atoms with E-state index in [4.69, 9.17) is 4.74 Å².